The monoisotopic (exact) mass is 367 g/mol. The molecule has 2 nitrogen and oxygen atoms in total. The summed E-state index contributed by atoms with van der Waals surface area (Å²) in [5.41, 5.74) is -3.44. The third kappa shape index (κ3) is 4.32. The van der Waals surface area contributed by atoms with Crippen molar-refractivity contribution in [1.29, 1.82) is 0 Å². The summed E-state index contributed by atoms with van der Waals surface area (Å²) in [5, 5.41) is 2.60. The van der Waals surface area contributed by atoms with Crippen molar-refractivity contribution in [2.45, 2.75) is 12.4 Å². The first kappa shape index (κ1) is 18.4. The van der Waals surface area contributed by atoms with Crippen molar-refractivity contribution in [2.24, 2.45) is 0 Å². The summed E-state index contributed by atoms with van der Waals surface area (Å²) >= 11 is 0. The second kappa shape index (κ2) is 6.16. The van der Waals surface area contributed by atoms with Crippen LogP contribution in [0.15, 0.2) is 48.5 Å². The fourth-order valence-corrected chi connectivity index (χ4v) is 3.53. The van der Waals surface area contributed by atoms with Crippen LogP contribution in [0.5, 0.6) is 0 Å². The SMILES string of the molecule is C[P@@](=O)(Nc1cc(C(F)(F)F)cc(C(F)(F)F)c1)c1ccccc1. The Bertz CT molecular complexity index is 738. The number of nitrogens with one attached hydrogen (secondary N) is 1. The minimum absolute atomic E-state index is 0.0221. The zero-order valence-corrected chi connectivity index (χ0v) is 13.1. The highest BCUT2D eigenvalue weighted by Gasteiger charge is 2.37. The van der Waals surface area contributed by atoms with Crippen molar-refractivity contribution in [3.8, 4) is 0 Å². The number of hydrogen-bond acceptors (Lipinski definition) is 1. The van der Waals surface area contributed by atoms with Crippen LogP contribution in [0.2, 0.25) is 0 Å². The van der Waals surface area contributed by atoms with E-state index in [9.17, 15) is 30.9 Å². The van der Waals surface area contributed by atoms with E-state index in [4.69, 9.17) is 0 Å². The molecule has 1 N–H and O–H groups in total. The Balaban J connectivity index is 2.48. The van der Waals surface area contributed by atoms with Crippen LogP contribution in [-0.4, -0.2) is 6.66 Å². The van der Waals surface area contributed by atoms with Gasteiger partial charge in [-0.1, -0.05) is 18.2 Å². The lowest BCUT2D eigenvalue weighted by molar-refractivity contribution is -0.143. The molecule has 9 heteroatoms. The van der Waals surface area contributed by atoms with Gasteiger partial charge in [0.1, 0.15) is 0 Å². The Labute approximate surface area is 133 Å². The van der Waals surface area contributed by atoms with Crippen molar-refractivity contribution in [3.63, 3.8) is 0 Å². The van der Waals surface area contributed by atoms with Crippen LogP contribution in [-0.2, 0) is 16.9 Å². The maximum absolute atomic E-state index is 12.8. The normalized spacial score (nSPS) is 15.0. The maximum Gasteiger partial charge on any atom is 0.416 e. The van der Waals surface area contributed by atoms with Gasteiger partial charge >= 0.3 is 12.4 Å². The van der Waals surface area contributed by atoms with Crippen molar-refractivity contribution in [3.05, 3.63) is 59.7 Å². The van der Waals surface area contributed by atoms with E-state index >= 15 is 0 Å². The summed E-state index contributed by atoms with van der Waals surface area (Å²) in [6.07, 6.45) is -9.91. The minimum Gasteiger partial charge on any atom is -0.333 e. The van der Waals surface area contributed by atoms with E-state index in [1.54, 1.807) is 18.2 Å². The van der Waals surface area contributed by atoms with E-state index in [1.807, 2.05) is 0 Å². The molecular formula is C15H12F6NOP. The van der Waals surface area contributed by atoms with Crippen LogP contribution in [0.3, 0.4) is 0 Å². The van der Waals surface area contributed by atoms with Gasteiger partial charge in [0.25, 0.3) is 0 Å². The summed E-state index contributed by atoms with van der Waals surface area (Å²) in [7, 11) is -3.40. The number of rotatable bonds is 3. The summed E-state index contributed by atoms with van der Waals surface area (Å²) in [6.45, 7) is 1.23. The molecule has 2 aromatic rings. The first-order valence-corrected chi connectivity index (χ1v) is 8.76. The molecule has 0 amide bonds. The highest BCUT2D eigenvalue weighted by Crippen LogP contribution is 2.43. The molecule has 0 unspecified atom stereocenters. The summed E-state index contributed by atoms with van der Waals surface area (Å²) < 4.78 is 89.6. The van der Waals surface area contributed by atoms with E-state index in [-0.39, 0.29) is 11.4 Å². The Hall–Kier alpha value is -1.95. The average Bonchev–Trinajstić information content (AvgIpc) is 2.45. The number of hydrogen-bond donors (Lipinski definition) is 1. The van der Waals surface area contributed by atoms with Gasteiger partial charge in [0, 0.05) is 17.7 Å². The number of anilines is 1. The molecule has 0 spiro atoms. The Morgan fingerprint density at radius 3 is 1.71 bits per heavy atom. The molecule has 0 saturated heterocycles. The number of benzene rings is 2. The molecule has 2 aromatic carbocycles. The summed E-state index contributed by atoms with van der Waals surface area (Å²) in [4.78, 5) is 0. The van der Waals surface area contributed by atoms with Crippen LogP contribution in [0, 0.1) is 0 Å². The van der Waals surface area contributed by atoms with Crippen LogP contribution >= 0.6 is 7.29 Å². The van der Waals surface area contributed by atoms with E-state index in [2.05, 4.69) is 5.09 Å². The van der Waals surface area contributed by atoms with Crippen molar-refractivity contribution < 1.29 is 30.9 Å². The Kier molecular flexibility index (Phi) is 4.72. The lowest BCUT2D eigenvalue weighted by Crippen LogP contribution is -2.14. The molecular weight excluding hydrogens is 355 g/mol. The molecule has 0 fully saturated rings. The van der Waals surface area contributed by atoms with Gasteiger partial charge < -0.3 is 5.09 Å². The average molecular weight is 367 g/mol. The van der Waals surface area contributed by atoms with Gasteiger partial charge in [-0.15, -0.1) is 0 Å². The fraction of sp³-hybridized carbons (Fsp3) is 0.200. The maximum atomic E-state index is 12.8. The first-order chi connectivity index (χ1) is 10.9. The molecule has 0 radical (unpaired) electrons. The predicted octanol–water partition coefficient (Wildman–Crippen LogP) is 5.37. The molecule has 2 rings (SSSR count). The highest BCUT2D eigenvalue weighted by atomic mass is 31.2. The van der Waals surface area contributed by atoms with Crippen molar-refractivity contribution >= 4 is 18.3 Å². The number of halogens is 6. The van der Waals surface area contributed by atoms with Gasteiger partial charge in [-0.3, -0.25) is 4.57 Å². The second-order valence-corrected chi connectivity index (χ2v) is 7.75. The topological polar surface area (TPSA) is 29.1 Å². The van der Waals surface area contributed by atoms with Crippen molar-refractivity contribution in [2.75, 3.05) is 11.8 Å². The van der Waals surface area contributed by atoms with Gasteiger partial charge in [0.05, 0.1) is 11.1 Å². The molecule has 0 bridgehead atoms. The molecule has 24 heavy (non-hydrogen) atoms. The second-order valence-electron chi connectivity index (χ2n) is 5.17. The van der Waals surface area contributed by atoms with Gasteiger partial charge in [0.2, 0.25) is 0 Å². The minimum atomic E-state index is -4.96. The Morgan fingerprint density at radius 1 is 0.833 bits per heavy atom. The van der Waals surface area contributed by atoms with Gasteiger partial charge in [-0.05, 0) is 30.3 Å². The van der Waals surface area contributed by atoms with Gasteiger partial charge in [0.15, 0.2) is 7.29 Å². The fourth-order valence-electron chi connectivity index (χ4n) is 2.04. The van der Waals surface area contributed by atoms with E-state index in [0.29, 0.717) is 12.1 Å². The standard InChI is InChI=1S/C15H12F6NOP/c1-24(23,13-5-3-2-4-6-13)22-12-8-10(14(16,17)18)7-11(9-12)15(19,20)21/h2-9H,1H3,(H,22,23)/t24-/m0/s1. The molecule has 130 valence electrons. The first-order valence-electron chi connectivity index (χ1n) is 6.60. The van der Waals surface area contributed by atoms with Gasteiger partial charge in [-0.25, -0.2) is 0 Å². The van der Waals surface area contributed by atoms with Crippen LogP contribution < -0.4 is 10.4 Å². The van der Waals surface area contributed by atoms with E-state index < -0.39 is 36.5 Å². The molecule has 0 saturated carbocycles. The molecule has 0 aliphatic heterocycles. The Morgan fingerprint density at radius 2 is 1.29 bits per heavy atom. The predicted molar refractivity (Wildman–Crippen MR) is 79.7 cm³/mol. The van der Waals surface area contributed by atoms with Crippen LogP contribution in [0.4, 0.5) is 32.0 Å². The van der Waals surface area contributed by atoms with Crippen LogP contribution in [0.1, 0.15) is 11.1 Å². The van der Waals surface area contributed by atoms with Gasteiger partial charge in [-0.2, -0.15) is 26.3 Å². The summed E-state index contributed by atoms with van der Waals surface area (Å²) in [5.74, 6) is 0. The molecule has 1 atom stereocenters. The molecule has 0 heterocycles. The molecule has 0 aliphatic carbocycles. The third-order valence-electron chi connectivity index (χ3n) is 3.18. The smallest absolute Gasteiger partial charge is 0.333 e. The number of alkyl halides is 6. The van der Waals surface area contributed by atoms with Crippen LogP contribution in [0.25, 0.3) is 0 Å². The lowest BCUT2D eigenvalue weighted by Gasteiger charge is -2.19. The van der Waals surface area contributed by atoms with Crippen molar-refractivity contribution in [1.82, 2.24) is 0 Å². The third-order valence-corrected chi connectivity index (χ3v) is 5.15. The van der Waals surface area contributed by atoms with E-state index in [0.717, 1.165) is 0 Å². The van der Waals surface area contributed by atoms with E-state index in [1.165, 1.54) is 18.8 Å². The summed E-state index contributed by atoms with van der Waals surface area (Å²) in [6, 6.07) is 8.78. The highest BCUT2D eigenvalue weighted by molar-refractivity contribution is 7.72. The largest absolute Gasteiger partial charge is 0.416 e. The zero-order chi connectivity index (χ0) is 18.2. The molecule has 0 aromatic heterocycles. The quantitative estimate of drug-likeness (QED) is 0.584. The molecule has 0 aliphatic rings. The lowest BCUT2D eigenvalue weighted by atomic mass is 10.1. The zero-order valence-electron chi connectivity index (χ0n) is 12.2.